The molecule has 0 saturated carbocycles. The van der Waals surface area contributed by atoms with Gasteiger partial charge in [-0.15, -0.1) is 9.73 Å². The van der Waals surface area contributed by atoms with Gasteiger partial charge in [-0.3, -0.25) is 0 Å². The Labute approximate surface area is 70.2 Å². The highest BCUT2D eigenvalue weighted by Crippen LogP contribution is 2.08. The van der Waals surface area contributed by atoms with Crippen LogP contribution >= 0.6 is 0 Å². The second-order valence-electron chi connectivity index (χ2n) is 3.00. The first kappa shape index (κ1) is 7.21. The molecule has 0 aliphatic carbocycles. The molecule has 0 aliphatic rings. The fraction of sp³-hybridized carbons (Fsp3) is 0.375. The minimum atomic E-state index is 0.353. The molecule has 4 nitrogen and oxygen atoms in total. The molecule has 0 atom stereocenters. The fourth-order valence-corrected chi connectivity index (χ4v) is 0.997. The van der Waals surface area contributed by atoms with Crippen molar-refractivity contribution in [2.24, 2.45) is 0 Å². The average Bonchev–Trinajstić information content (AvgIpc) is 2.46. The number of nitrogens with zero attached hydrogens (tertiary/aromatic N) is 4. The van der Waals surface area contributed by atoms with Crippen LogP contribution in [0.25, 0.3) is 5.65 Å². The van der Waals surface area contributed by atoms with Gasteiger partial charge in [0.2, 0.25) is 0 Å². The molecule has 4 heteroatoms. The van der Waals surface area contributed by atoms with Gasteiger partial charge in [-0.2, -0.15) is 5.10 Å². The molecule has 0 saturated heterocycles. The molecule has 2 aromatic rings. The van der Waals surface area contributed by atoms with Gasteiger partial charge in [-0.05, 0) is 12.1 Å². The van der Waals surface area contributed by atoms with Crippen molar-refractivity contribution >= 4 is 5.65 Å². The van der Waals surface area contributed by atoms with Crippen LogP contribution in [-0.4, -0.2) is 19.8 Å². The standard InChI is InChI=1S/C8H10N4/c1-6(2)8-10-7-4-3-5-9-12(7)11-8/h3-6H,1-2H3. The first-order chi connectivity index (χ1) is 5.77. The van der Waals surface area contributed by atoms with Gasteiger partial charge in [0.15, 0.2) is 11.5 Å². The highest BCUT2D eigenvalue weighted by atomic mass is 15.4. The van der Waals surface area contributed by atoms with E-state index in [9.17, 15) is 0 Å². The first-order valence-corrected chi connectivity index (χ1v) is 3.95. The van der Waals surface area contributed by atoms with Crippen LogP contribution in [0.2, 0.25) is 0 Å². The Morgan fingerprint density at radius 1 is 1.42 bits per heavy atom. The topological polar surface area (TPSA) is 43.1 Å². The maximum atomic E-state index is 4.30. The van der Waals surface area contributed by atoms with E-state index in [-0.39, 0.29) is 0 Å². The Bertz CT molecular complexity index is 358. The van der Waals surface area contributed by atoms with E-state index in [1.165, 1.54) is 0 Å². The quantitative estimate of drug-likeness (QED) is 0.633. The highest BCUT2D eigenvalue weighted by Gasteiger charge is 2.06. The van der Waals surface area contributed by atoms with E-state index in [4.69, 9.17) is 0 Å². The molecule has 2 heterocycles. The summed E-state index contributed by atoms with van der Waals surface area (Å²) >= 11 is 0. The zero-order valence-electron chi connectivity index (χ0n) is 7.10. The molecule has 0 bridgehead atoms. The third-order valence-electron chi connectivity index (χ3n) is 1.65. The Morgan fingerprint density at radius 2 is 2.25 bits per heavy atom. The van der Waals surface area contributed by atoms with Gasteiger partial charge in [-0.25, -0.2) is 4.98 Å². The van der Waals surface area contributed by atoms with E-state index < -0.39 is 0 Å². The zero-order chi connectivity index (χ0) is 8.55. The molecule has 0 fully saturated rings. The van der Waals surface area contributed by atoms with Crippen LogP contribution < -0.4 is 0 Å². The van der Waals surface area contributed by atoms with Crippen molar-refractivity contribution in [3.63, 3.8) is 0 Å². The lowest BCUT2D eigenvalue weighted by molar-refractivity contribution is 0.724. The van der Waals surface area contributed by atoms with Crippen molar-refractivity contribution in [2.45, 2.75) is 19.8 Å². The van der Waals surface area contributed by atoms with Gasteiger partial charge in [0.25, 0.3) is 0 Å². The van der Waals surface area contributed by atoms with Crippen molar-refractivity contribution in [1.29, 1.82) is 0 Å². The van der Waals surface area contributed by atoms with Crippen molar-refractivity contribution in [3.05, 3.63) is 24.2 Å². The molecule has 0 amide bonds. The predicted octanol–water partition coefficient (Wildman–Crippen LogP) is 1.25. The van der Waals surface area contributed by atoms with Crippen LogP contribution in [-0.2, 0) is 0 Å². The lowest BCUT2D eigenvalue weighted by Crippen LogP contribution is -1.93. The summed E-state index contributed by atoms with van der Waals surface area (Å²) in [6.07, 6.45) is 1.70. The van der Waals surface area contributed by atoms with Gasteiger partial charge >= 0.3 is 0 Å². The van der Waals surface area contributed by atoms with Crippen LogP contribution in [0.1, 0.15) is 25.6 Å². The lowest BCUT2D eigenvalue weighted by atomic mass is 10.2. The molecule has 2 rings (SSSR count). The summed E-state index contributed by atoms with van der Waals surface area (Å²) in [5, 5.41) is 8.23. The Kier molecular flexibility index (Phi) is 1.53. The van der Waals surface area contributed by atoms with Gasteiger partial charge in [0, 0.05) is 12.1 Å². The van der Waals surface area contributed by atoms with Gasteiger partial charge < -0.3 is 0 Å². The second kappa shape index (κ2) is 2.55. The third kappa shape index (κ3) is 1.05. The normalized spacial score (nSPS) is 11.2. The molecule has 0 aromatic carbocycles. The van der Waals surface area contributed by atoms with Gasteiger partial charge in [0.05, 0.1) is 0 Å². The smallest absolute Gasteiger partial charge is 0.176 e. The number of fused-ring (bicyclic) bond motifs is 1. The lowest BCUT2D eigenvalue weighted by Gasteiger charge is -1.92. The molecular weight excluding hydrogens is 152 g/mol. The van der Waals surface area contributed by atoms with E-state index in [0.29, 0.717) is 5.92 Å². The van der Waals surface area contributed by atoms with E-state index in [2.05, 4.69) is 29.0 Å². The first-order valence-electron chi connectivity index (χ1n) is 3.95. The predicted molar refractivity (Wildman–Crippen MR) is 44.9 cm³/mol. The summed E-state index contributed by atoms with van der Waals surface area (Å²) in [5.74, 6) is 1.19. The molecule has 0 N–H and O–H groups in total. The van der Waals surface area contributed by atoms with Crippen molar-refractivity contribution in [3.8, 4) is 0 Å². The fourth-order valence-electron chi connectivity index (χ4n) is 0.997. The van der Waals surface area contributed by atoms with Crippen LogP contribution in [0.15, 0.2) is 18.3 Å². The maximum Gasteiger partial charge on any atom is 0.176 e. The van der Waals surface area contributed by atoms with E-state index in [0.717, 1.165) is 11.5 Å². The zero-order valence-corrected chi connectivity index (χ0v) is 7.10. The Hall–Kier alpha value is -1.45. The average molecular weight is 162 g/mol. The van der Waals surface area contributed by atoms with E-state index in [1.54, 1.807) is 10.8 Å². The number of hydrogen-bond donors (Lipinski definition) is 0. The van der Waals surface area contributed by atoms with Crippen LogP contribution in [0.4, 0.5) is 0 Å². The van der Waals surface area contributed by atoms with Crippen molar-refractivity contribution in [2.75, 3.05) is 0 Å². The van der Waals surface area contributed by atoms with Crippen molar-refractivity contribution in [1.82, 2.24) is 19.8 Å². The van der Waals surface area contributed by atoms with E-state index in [1.807, 2.05) is 12.1 Å². The number of rotatable bonds is 1. The van der Waals surface area contributed by atoms with Gasteiger partial charge in [0.1, 0.15) is 0 Å². The SMILES string of the molecule is CC(C)c1nc2cccnn2n1. The van der Waals surface area contributed by atoms with Gasteiger partial charge in [-0.1, -0.05) is 13.8 Å². The summed E-state index contributed by atoms with van der Waals surface area (Å²) < 4.78 is 1.55. The summed E-state index contributed by atoms with van der Waals surface area (Å²) in [6, 6.07) is 3.75. The molecule has 62 valence electrons. The summed E-state index contributed by atoms with van der Waals surface area (Å²) in [4.78, 5) is 4.30. The second-order valence-corrected chi connectivity index (χ2v) is 3.00. The van der Waals surface area contributed by atoms with Crippen LogP contribution in [0.3, 0.4) is 0 Å². The van der Waals surface area contributed by atoms with Crippen molar-refractivity contribution < 1.29 is 0 Å². The minimum absolute atomic E-state index is 0.353. The molecule has 12 heavy (non-hydrogen) atoms. The molecule has 0 radical (unpaired) electrons. The Balaban J connectivity index is 2.62. The number of aromatic nitrogens is 4. The third-order valence-corrected chi connectivity index (χ3v) is 1.65. The summed E-state index contributed by atoms with van der Waals surface area (Å²) in [7, 11) is 0. The largest absolute Gasteiger partial charge is 0.210 e. The number of hydrogen-bond acceptors (Lipinski definition) is 3. The molecule has 0 aliphatic heterocycles. The van der Waals surface area contributed by atoms with Crippen LogP contribution in [0.5, 0.6) is 0 Å². The molecular formula is C8H10N4. The molecule has 0 spiro atoms. The monoisotopic (exact) mass is 162 g/mol. The molecule has 0 unspecified atom stereocenters. The van der Waals surface area contributed by atoms with Crippen LogP contribution in [0, 0.1) is 0 Å². The van der Waals surface area contributed by atoms with E-state index >= 15 is 0 Å². The summed E-state index contributed by atoms with van der Waals surface area (Å²) in [5.41, 5.74) is 0.807. The summed E-state index contributed by atoms with van der Waals surface area (Å²) in [6.45, 7) is 4.13. The highest BCUT2D eigenvalue weighted by molar-refractivity contribution is 5.34. The Morgan fingerprint density at radius 3 is 2.92 bits per heavy atom. The maximum absolute atomic E-state index is 4.30. The molecule has 2 aromatic heterocycles. The minimum Gasteiger partial charge on any atom is -0.210 e.